The summed E-state index contributed by atoms with van der Waals surface area (Å²) in [6.45, 7) is 0.756. The third-order valence-electron chi connectivity index (χ3n) is 3.75. The fraction of sp³-hybridized carbons (Fsp3) is 0.333. The third-order valence-corrected chi connectivity index (χ3v) is 5.58. The van der Waals surface area contributed by atoms with Crippen LogP contribution in [0.25, 0.3) is 10.6 Å². The Balaban J connectivity index is 1.50. The summed E-state index contributed by atoms with van der Waals surface area (Å²) in [5, 5.41) is 18.6. The van der Waals surface area contributed by atoms with Crippen molar-refractivity contribution >= 4 is 33.7 Å². The Morgan fingerprint density at radius 3 is 3.12 bits per heavy atom. The first kappa shape index (κ1) is 15.4. The lowest BCUT2D eigenvalue weighted by Gasteiger charge is -2.02. The fourth-order valence-electron chi connectivity index (χ4n) is 2.57. The molecule has 9 heteroatoms. The van der Waals surface area contributed by atoms with Crippen LogP contribution < -0.4 is 5.32 Å². The topological polar surface area (TPSA) is 81.9 Å². The SMILES string of the molecule is Cn1nc(-c2cccs2)cc1C(=O)Nc1nnc(C2CCCO2)s1. The van der Waals surface area contributed by atoms with E-state index in [1.165, 1.54) is 11.3 Å². The molecule has 0 spiro atoms. The van der Waals surface area contributed by atoms with Gasteiger partial charge < -0.3 is 4.74 Å². The molecule has 0 aromatic carbocycles. The first-order chi connectivity index (χ1) is 11.7. The van der Waals surface area contributed by atoms with Crippen molar-refractivity contribution in [1.29, 1.82) is 0 Å². The molecule has 0 bridgehead atoms. The molecule has 7 nitrogen and oxygen atoms in total. The molecule has 1 unspecified atom stereocenters. The Morgan fingerprint density at radius 1 is 1.46 bits per heavy atom. The van der Waals surface area contributed by atoms with Gasteiger partial charge in [-0.25, -0.2) is 0 Å². The molecule has 3 aromatic heterocycles. The van der Waals surface area contributed by atoms with Gasteiger partial charge in [0.05, 0.1) is 4.88 Å². The largest absolute Gasteiger partial charge is 0.371 e. The van der Waals surface area contributed by atoms with Gasteiger partial charge in [0.1, 0.15) is 22.5 Å². The second-order valence-electron chi connectivity index (χ2n) is 5.42. The minimum Gasteiger partial charge on any atom is -0.371 e. The summed E-state index contributed by atoms with van der Waals surface area (Å²) < 4.78 is 7.16. The molecule has 24 heavy (non-hydrogen) atoms. The zero-order chi connectivity index (χ0) is 16.5. The molecule has 1 aliphatic rings. The lowest BCUT2D eigenvalue weighted by molar-refractivity contribution is 0.101. The van der Waals surface area contributed by atoms with Crippen LogP contribution in [-0.2, 0) is 11.8 Å². The molecule has 1 saturated heterocycles. The Morgan fingerprint density at radius 2 is 2.38 bits per heavy atom. The number of carbonyl (C=O) groups is 1. The van der Waals surface area contributed by atoms with Crippen molar-refractivity contribution in [2.45, 2.75) is 18.9 Å². The van der Waals surface area contributed by atoms with Crippen molar-refractivity contribution in [3.8, 4) is 10.6 Å². The molecule has 1 fully saturated rings. The standard InChI is InChI=1S/C15H15N5O2S2/c1-20-10(8-9(19-20)12-5-3-7-23-12)13(21)16-15-18-17-14(24-15)11-4-2-6-22-11/h3,5,7-8,11H,2,4,6H2,1H3,(H,16,18,21). The van der Waals surface area contributed by atoms with Crippen LogP contribution in [0.4, 0.5) is 5.13 Å². The molecule has 4 heterocycles. The first-order valence-electron chi connectivity index (χ1n) is 7.55. The number of hydrogen-bond donors (Lipinski definition) is 1. The van der Waals surface area contributed by atoms with Crippen molar-refractivity contribution < 1.29 is 9.53 Å². The van der Waals surface area contributed by atoms with E-state index >= 15 is 0 Å². The Hall–Kier alpha value is -2.10. The second kappa shape index (κ2) is 6.42. The van der Waals surface area contributed by atoms with Crippen LogP contribution in [0.3, 0.4) is 0 Å². The maximum absolute atomic E-state index is 12.5. The van der Waals surface area contributed by atoms with Gasteiger partial charge in [-0.05, 0) is 30.4 Å². The molecular weight excluding hydrogens is 346 g/mol. The molecule has 0 aliphatic carbocycles. The summed E-state index contributed by atoms with van der Waals surface area (Å²) in [5.41, 5.74) is 1.27. The highest BCUT2D eigenvalue weighted by molar-refractivity contribution is 7.15. The van der Waals surface area contributed by atoms with E-state index < -0.39 is 0 Å². The highest BCUT2D eigenvalue weighted by Gasteiger charge is 2.23. The smallest absolute Gasteiger partial charge is 0.275 e. The van der Waals surface area contributed by atoms with Crippen molar-refractivity contribution in [1.82, 2.24) is 20.0 Å². The predicted octanol–water partition coefficient (Wildman–Crippen LogP) is 3.10. The molecule has 124 valence electrons. The number of aromatic nitrogens is 4. The van der Waals surface area contributed by atoms with Crippen LogP contribution in [0.5, 0.6) is 0 Å². The molecule has 1 aliphatic heterocycles. The minimum absolute atomic E-state index is 0.00952. The average Bonchev–Trinajstić information content (AvgIpc) is 3.34. The maximum Gasteiger partial charge on any atom is 0.275 e. The Bertz CT molecular complexity index is 849. The van der Waals surface area contributed by atoms with Gasteiger partial charge in [0.2, 0.25) is 5.13 Å². The number of nitrogens with zero attached hydrogens (tertiary/aromatic N) is 4. The summed E-state index contributed by atoms with van der Waals surface area (Å²) >= 11 is 2.95. The van der Waals surface area contributed by atoms with Crippen molar-refractivity contribution in [3.05, 3.63) is 34.3 Å². The normalized spacial score (nSPS) is 17.3. The number of rotatable bonds is 4. The zero-order valence-corrected chi connectivity index (χ0v) is 14.6. The summed E-state index contributed by atoms with van der Waals surface area (Å²) in [6, 6.07) is 5.72. The van der Waals surface area contributed by atoms with E-state index in [1.807, 2.05) is 17.5 Å². The van der Waals surface area contributed by atoms with Crippen molar-refractivity contribution in [2.24, 2.45) is 7.05 Å². The molecule has 0 saturated carbocycles. The molecule has 1 amide bonds. The van der Waals surface area contributed by atoms with Gasteiger partial charge in [-0.3, -0.25) is 14.8 Å². The van der Waals surface area contributed by atoms with E-state index in [4.69, 9.17) is 4.74 Å². The van der Waals surface area contributed by atoms with Gasteiger partial charge in [-0.1, -0.05) is 17.4 Å². The van der Waals surface area contributed by atoms with Gasteiger partial charge in [0, 0.05) is 13.7 Å². The predicted molar refractivity (Wildman–Crippen MR) is 92.3 cm³/mol. The van der Waals surface area contributed by atoms with E-state index in [9.17, 15) is 4.79 Å². The molecule has 1 atom stereocenters. The van der Waals surface area contributed by atoms with Gasteiger partial charge in [0.15, 0.2) is 0 Å². The summed E-state index contributed by atoms with van der Waals surface area (Å²) in [5.74, 6) is -0.247. The summed E-state index contributed by atoms with van der Waals surface area (Å²) in [7, 11) is 1.75. The van der Waals surface area contributed by atoms with E-state index in [1.54, 1.807) is 29.1 Å². The first-order valence-corrected chi connectivity index (χ1v) is 9.24. The number of thiophene rings is 1. The van der Waals surface area contributed by atoms with Crippen LogP contribution in [-0.4, -0.2) is 32.5 Å². The summed E-state index contributed by atoms with van der Waals surface area (Å²) in [6.07, 6.45) is 2.00. The van der Waals surface area contributed by atoms with Crippen molar-refractivity contribution in [3.63, 3.8) is 0 Å². The van der Waals surface area contributed by atoms with Gasteiger partial charge in [-0.15, -0.1) is 21.5 Å². The quantitative estimate of drug-likeness (QED) is 0.772. The second-order valence-corrected chi connectivity index (χ2v) is 7.37. The number of ether oxygens (including phenoxy) is 1. The number of anilines is 1. The molecule has 0 radical (unpaired) electrons. The van der Waals surface area contributed by atoms with Crippen molar-refractivity contribution in [2.75, 3.05) is 11.9 Å². The van der Waals surface area contributed by atoms with E-state index in [2.05, 4.69) is 20.6 Å². The van der Waals surface area contributed by atoms with Crippen LogP contribution >= 0.6 is 22.7 Å². The van der Waals surface area contributed by atoms with Gasteiger partial charge in [-0.2, -0.15) is 5.10 Å². The maximum atomic E-state index is 12.5. The monoisotopic (exact) mass is 361 g/mol. The number of amides is 1. The van der Waals surface area contributed by atoms with Gasteiger partial charge >= 0.3 is 0 Å². The molecule has 4 rings (SSSR count). The molecule has 3 aromatic rings. The number of carbonyl (C=O) groups excluding carboxylic acids is 1. The van der Waals surface area contributed by atoms with Crippen LogP contribution in [0.1, 0.15) is 34.4 Å². The average molecular weight is 361 g/mol. The van der Waals surface area contributed by atoms with E-state index in [0.29, 0.717) is 10.8 Å². The zero-order valence-electron chi connectivity index (χ0n) is 12.9. The minimum atomic E-state index is -0.247. The van der Waals surface area contributed by atoms with Crippen LogP contribution in [0.15, 0.2) is 23.6 Å². The number of aryl methyl sites for hydroxylation is 1. The fourth-order valence-corrected chi connectivity index (χ4v) is 4.08. The van der Waals surface area contributed by atoms with Crippen LogP contribution in [0.2, 0.25) is 0 Å². The van der Waals surface area contributed by atoms with E-state index in [-0.39, 0.29) is 12.0 Å². The van der Waals surface area contributed by atoms with Crippen LogP contribution in [0, 0.1) is 0 Å². The highest BCUT2D eigenvalue weighted by Crippen LogP contribution is 2.32. The number of nitrogens with one attached hydrogen (secondary N) is 1. The summed E-state index contributed by atoms with van der Waals surface area (Å²) in [4.78, 5) is 13.5. The Labute approximate surface area is 146 Å². The highest BCUT2D eigenvalue weighted by atomic mass is 32.1. The molecule has 1 N–H and O–H groups in total. The van der Waals surface area contributed by atoms with E-state index in [0.717, 1.165) is 35.0 Å². The Kier molecular flexibility index (Phi) is 4.13. The number of hydrogen-bond acceptors (Lipinski definition) is 7. The third kappa shape index (κ3) is 2.97. The van der Waals surface area contributed by atoms with Gasteiger partial charge in [0.25, 0.3) is 5.91 Å². The lowest BCUT2D eigenvalue weighted by Crippen LogP contribution is -2.15. The molecular formula is C15H15N5O2S2. The lowest BCUT2D eigenvalue weighted by atomic mass is 10.2.